The first kappa shape index (κ1) is 19.2. The first-order valence-electron chi connectivity index (χ1n) is 8.34. The van der Waals surface area contributed by atoms with Crippen LogP contribution in [0.15, 0.2) is 34.3 Å². The highest BCUT2D eigenvalue weighted by Crippen LogP contribution is 2.42. The second kappa shape index (κ2) is 7.21. The van der Waals surface area contributed by atoms with Crippen LogP contribution in [0.4, 0.5) is 5.69 Å². The molecule has 1 aliphatic rings. The number of carbonyl (C=O) groups is 1. The maximum absolute atomic E-state index is 12.0. The molecular weight excluding hydrogens is 364 g/mol. The fraction of sp³-hybridized carbons (Fsp3) is 0.316. The molecule has 0 aliphatic carbocycles. The molecule has 2 aromatic rings. The van der Waals surface area contributed by atoms with Gasteiger partial charge in [0.2, 0.25) is 0 Å². The predicted octanol–water partition coefficient (Wildman–Crippen LogP) is 2.56. The normalized spacial score (nSPS) is 18.3. The van der Waals surface area contributed by atoms with Crippen molar-refractivity contribution in [2.24, 2.45) is 10.7 Å². The van der Waals surface area contributed by atoms with Gasteiger partial charge in [-0.05, 0) is 37.8 Å². The van der Waals surface area contributed by atoms with Crippen LogP contribution in [-0.2, 0) is 12.3 Å². The number of amides is 1. The number of rotatable bonds is 5. The molecule has 1 atom stereocenters. The molecule has 7 nitrogen and oxygen atoms in total. The Bertz CT molecular complexity index is 910. The number of pyridine rings is 1. The number of thioether (sulfide) groups is 1. The van der Waals surface area contributed by atoms with Crippen LogP contribution < -0.4 is 10.5 Å². The van der Waals surface area contributed by atoms with E-state index in [0.717, 1.165) is 11.3 Å². The molecule has 0 saturated heterocycles. The Morgan fingerprint density at radius 2 is 2.04 bits per heavy atom. The first-order chi connectivity index (χ1) is 12.8. The Kier molecular flexibility index (Phi) is 5.12. The fourth-order valence-electron chi connectivity index (χ4n) is 3.23. The number of primary amides is 1. The van der Waals surface area contributed by atoms with Gasteiger partial charge in [-0.15, -0.1) is 11.8 Å². The average molecular weight is 386 g/mol. The van der Waals surface area contributed by atoms with Gasteiger partial charge in [-0.3, -0.25) is 4.79 Å². The molecular formula is C19H22N4O3S. The van der Waals surface area contributed by atoms with Crippen molar-refractivity contribution in [2.45, 2.75) is 31.1 Å². The molecule has 0 radical (unpaired) electrons. The van der Waals surface area contributed by atoms with Crippen LogP contribution in [0, 0.1) is 6.92 Å². The molecule has 0 saturated carbocycles. The Morgan fingerprint density at radius 3 is 2.59 bits per heavy atom. The molecule has 3 N–H and O–H groups in total. The Balaban J connectivity index is 2.05. The van der Waals surface area contributed by atoms with Gasteiger partial charge in [0.1, 0.15) is 10.8 Å². The van der Waals surface area contributed by atoms with Crippen LogP contribution >= 0.6 is 11.8 Å². The highest BCUT2D eigenvalue weighted by atomic mass is 32.2. The quantitative estimate of drug-likeness (QED) is 0.766. The summed E-state index contributed by atoms with van der Waals surface area (Å²) in [5.41, 5.74) is 6.88. The molecule has 0 fully saturated rings. The van der Waals surface area contributed by atoms with Gasteiger partial charge >= 0.3 is 0 Å². The smallest absolute Gasteiger partial charge is 0.253 e. The van der Waals surface area contributed by atoms with Gasteiger partial charge in [-0.25, -0.2) is 9.98 Å². The zero-order valence-electron chi connectivity index (χ0n) is 15.7. The molecule has 8 heteroatoms. The molecule has 1 aliphatic heterocycles. The number of aliphatic imine (C=N–C) groups is 1. The van der Waals surface area contributed by atoms with Crippen molar-refractivity contribution in [2.75, 3.05) is 13.4 Å². The highest BCUT2D eigenvalue weighted by molar-refractivity contribution is 7.98. The summed E-state index contributed by atoms with van der Waals surface area (Å²) >= 11 is 1.32. The largest absolute Gasteiger partial charge is 0.497 e. The summed E-state index contributed by atoms with van der Waals surface area (Å²) in [5.74, 6) is 0.151. The molecule has 1 unspecified atom stereocenters. The Hall–Kier alpha value is -2.58. The van der Waals surface area contributed by atoms with Crippen molar-refractivity contribution < 1.29 is 14.6 Å². The number of nitrogens with zero attached hydrogens (tertiary/aromatic N) is 3. The lowest BCUT2D eigenvalue weighted by Gasteiger charge is -2.40. The van der Waals surface area contributed by atoms with E-state index in [1.54, 1.807) is 32.2 Å². The lowest BCUT2D eigenvalue weighted by atomic mass is 9.95. The van der Waals surface area contributed by atoms with E-state index in [0.29, 0.717) is 28.5 Å². The number of nitrogens with two attached hydrogens (primary N) is 1. The topological polar surface area (TPSA) is 101 Å². The van der Waals surface area contributed by atoms with E-state index < -0.39 is 11.6 Å². The van der Waals surface area contributed by atoms with Gasteiger partial charge < -0.3 is 20.5 Å². The van der Waals surface area contributed by atoms with Crippen LogP contribution in [0.25, 0.3) is 0 Å². The van der Waals surface area contributed by atoms with Crippen LogP contribution in [0.2, 0.25) is 0 Å². The van der Waals surface area contributed by atoms with E-state index in [1.807, 2.05) is 30.5 Å². The molecule has 27 heavy (non-hydrogen) atoms. The third-order valence-corrected chi connectivity index (χ3v) is 5.31. The number of fused-ring (bicyclic) bond motifs is 1. The summed E-state index contributed by atoms with van der Waals surface area (Å²) in [4.78, 5) is 22.6. The number of aryl methyl sites for hydroxylation is 1. The Labute approximate surface area is 162 Å². The number of benzene rings is 1. The van der Waals surface area contributed by atoms with Gasteiger partial charge in [-0.1, -0.05) is 12.1 Å². The number of hydrogen-bond acceptors (Lipinski definition) is 7. The molecule has 3 rings (SSSR count). The highest BCUT2D eigenvalue weighted by Gasteiger charge is 2.39. The predicted molar refractivity (Wildman–Crippen MR) is 106 cm³/mol. The van der Waals surface area contributed by atoms with Crippen molar-refractivity contribution in [3.63, 3.8) is 0 Å². The van der Waals surface area contributed by atoms with Gasteiger partial charge in [0.25, 0.3) is 5.91 Å². The van der Waals surface area contributed by atoms with Crippen molar-refractivity contribution in [1.82, 2.24) is 9.88 Å². The minimum Gasteiger partial charge on any atom is -0.497 e. The number of aromatic nitrogens is 1. The third-order valence-electron chi connectivity index (χ3n) is 4.63. The van der Waals surface area contributed by atoms with Crippen molar-refractivity contribution in [3.05, 3.63) is 46.6 Å². The molecule has 142 valence electrons. The zero-order chi connectivity index (χ0) is 19.8. The molecule has 0 bridgehead atoms. The van der Waals surface area contributed by atoms with E-state index in [9.17, 15) is 9.90 Å². The number of hydrogen-bond donors (Lipinski definition) is 2. The van der Waals surface area contributed by atoms with Crippen LogP contribution in [0.1, 0.15) is 34.1 Å². The first-order valence-corrected chi connectivity index (χ1v) is 9.57. The Morgan fingerprint density at radius 1 is 1.37 bits per heavy atom. The van der Waals surface area contributed by atoms with Crippen LogP contribution in [0.3, 0.4) is 0 Å². The molecule has 1 aromatic carbocycles. The van der Waals surface area contributed by atoms with E-state index >= 15 is 0 Å². The van der Waals surface area contributed by atoms with E-state index in [4.69, 9.17) is 10.5 Å². The SMILES string of the molecule is COc1ccc(CN2C=Nc3c(C(N)=O)c(SC)nc(C)c3C2(C)O)cc1. The van der Waals surface area contributed by atoms with Crippen LogP contribution in [-0.4, -0.2) is 40.6 Å². The summed E-state index contributed by atoms with van der Waals surface area (Å²) in [6.07, 6.45) is 3.36. The summed E-state index contributed by atoms with van der Waals surface area (Å²) in [6, 6.07) is 7.58. The standard InChI is InChI=1S/C19H22N4O3S/c1-11-15-16(14(17(20)24)18(22-11)27-4)21-10-23(19(15,2)25)9-12-5-7-13(26-3)8-6-12/h5-8,10,25H,9H2,1-4H3,(H2,20,24). The van der Waals surface area contributed by atoms with E-state index in [1.165, 1.54) is 11.8 Å². The number of carbonyl (C=O) groups excluding carboxylic acids is 1. The van der Waals surface area contributed by atoms with E-state index in [2.05, 4.69) is 9.98 Å². The molecule has 1 amide bonds. The number of aliphatic hydroxyl groups is 1. The van der Waals surface area contributed by atoms with Gasteiger partial charge in [-0.2, -0.15) is 0 Å². The van der Waals surface area contributed by atoms with Crippen LogP contribution in [0.5, 0.6) is 5.75 Å². The van der Waals surface area contributed by atoms with Crippen molar-refractivity contribution in [1.29, 1.82) is 0 Å². The fourth-order valence-corrected chi connectivity index (χ4v) is 3.86. The summed E-state index contributed by atoms with van der Waals surface area (Å²) in [7, 11) is 1.61. The van der Waals surface area contributed by atoms with Gasteiger partial charge in [0.15, 0.2) is 5.72 Å². The summed E-state index contributed by atoms with van der Waals surface area (Å²) < 4.78 is 5.18. The maximum atomic E-state index is 12.0. The molecule has 1 aromatic heterocycles. The minimum atomic E-state index is -1.39. The zero-order valence-corrected chi connectivity index (χ0v) is 16.5. The minimum absolute atomic E-state index is 0.240. The monoisotopic (exact) mass is 386 g/mol. The van der Waals surface area contributed by atoms with Crippen molar-refractivity contribution in [3.8, 4) is 5.75 Å². The summed E-state index contributed by atoms with van der Waals surface area (Å²) in [6.45, 7) is 3.89. The lowest BCUT2D eigenvalue weighted by molar-refractivity contribution is -0.0632. The van der Waals surface area contributed by atoms with Gasteiger partial charge in [0.05, 0.1) is 30.3 Å². The second-order valence-corrected chi connectivity index (χ2v) is 7.21. The number of methoxy groups -OCH3 is 1. The average Bonchev–Trinajstić information content (AvgIpc) is 2.63. The maximum Gasteiger partial charge on any atom is 0.253 e. The molecule has 2 heterocycles. The second-order valence-electron chi connectivity index (χ2n) is 6.41. The van der Waals surface area contributed by atoms with E-state index in [-0.39, 0.29) is 5.56 Å². The summed E-state index contributed by atoms with van der Waals surface area (Å²) in [5, 5.41) is 11.8. The third kappa shape index (κ3) is 3.38. The van der Waals surface area contributed by atoms with Crippen molar-refractivity contribution >= 4 is 29.7 Å². The number of ether oxygens (including phenoxy) is 1. The lowest BCUT2D eigenvalue weighted by Crippen LogP contribution is -2.45. The molecule has 0 spiro atoms. The van der Waals surface area contributed by atoms with Gasteiger partial charge in [0, 0.05) is 12.2 Å².